The van der Waals surface area contributed by atoms with Crippen LogP contribution >= 0.6 is 0 Å². The van der Waals surface area contributed by atoms with Gasteiger partial charge in [0, 0.05) is 49.7 Å². The van der Waals surface area contributed by atoms with E-state index in [-0.39, 0.29) is 16.2 Å². The van der Waals surface area contributed by atoms with E-state index in [1.165, 1.54) is 72.0 Å². The first-order valence-corrected chi connectivity index (χ1v) is 20.3. The molecule has 9 aromatic rings. The van der Waals surface area contributed by atoms with Crippen LogP contribution in [0.5, 0.6) is 0 Å². The molecule has 1 N–H and O–H groups in total. The van der Waals surface area contributed by atoms with Crippen molar-refractivity contribution in [2.24, 2.45) is 0 Å². The summed E-state index contributed by atoms with van der Waals surface area (Å²) in [5.74, 6) is 0. The molecule has 0 fully saturated rings. The number of nitrogens with one attached hydrogen (secondary N) is 1. The van der Waals surface area contributed by atoms with Gasteiger partial charge in [0.1, 0.15) is 11.2 Å². The first-order chi connectivity index (χ1) is 27.3. The van der Waals surface area contributed by atoms with Crippen molar-refractivity contribution < 1.29 is 4.42 Å². The number of para-hydroxylation sites is 1. The Bertz CT molecular complexity index is 3160. The standard InChI is InChI=1S/C53H46BN2O/c1-51(2,3)30-17-20-32(21-18-30)55-43-29-38-33-13-9-11-15-40(33)53(7,8)41(38)28-39(43)35-22-23-37-47-45(26-24-36-34-14-10-12-16-46(34)57-50(36)47)56-44-25-19-31(52(4,5)6)27-42(44)54-48(35)49(37)56/h9-29,55H,1-8H3. The number of anilines is 2. The fourth-order valence-electron chi connectivity index (χ4n) is 9.81. The number of furan rings is 1. The molecule has 2 aromatic heterocycles. The van der Waals surface area contributed by atoms with Gasteiger partial charge in [-0.2, -0.15) is 0 Å². The van der Waals surface area contributed by atoms with E-state index in [0.29, 0.717) is 0 Å². The molecule has 0 unspecified atom stereocenters. The highest BCUT2D eigenvalue weighted by Gasteiger charge is 2.37. The van der Waals surface area contributed by atoms with Gasteiger partial charge in [0.05, 0.1) is 10.9 Å². The molecular formula is C53H46BN2O. The van der Waals surface area contributed by atoms with Crippen LogP contribution < -0.4 is 16.2 Å². The predicted molar refractivity (Wildman–Crippen MR) is 243 cm³/mol. The fraction of sp³-hybridized carbons (Fsp3) is 0.208. The van der Waals surface area contributed by atoms with Crippen molar-refractivity contribution in [2.45, 2.75) is 71.6 Å². The summed E-state index contributed by atoms with van der Waals surface area (Å²) >= 11 is 0. The fourth-order valence-corrected chi connectivity index (χ4v) is 9.81. The van der Waals surface area contributed by atoms with E-state index in [9.17, 15) is 0 Å². The van der Waals surface area contributed by atoms with Crippen molar-refractivity contribution in [1.82, 2.24) is 4.57 Å². The summed E-state index contributed by atoms with van der Waals surface area (Å²) in [5, 5.41) is 8.62. The topological polar surface area (TPSA) is 30.1 Å². The Kier molecular flexibility index (Phi) is 6.94. The van der Waals surface area contributed by atoms with Gasteiger partial charge in [0.2, 0.25) is 0 Å². The van der Waals surface area contributed by atoms with Gasteiger partial charge in [-0.3, -0.25) is 0 Å². The van der Waals surface area contributed by atoms with Crippen molar-refractivity contribution in [3.8, 4) is 27.9 Å². The molecule has 0 atom stereocenters. The lowest BCUT2D eigenvalue weighted by atomic mass is 9.58. The maximum absolute atomic E-state index is 6.74. The van der Waals surface area contributed by atoms with Crippen LogP contribution in [0.3, 0.4) is 0 Å². The molecule has 1 radical (unpaired) electrons. The molecule has 4 heteroatoms. The largest absolute Gasteiger partial charge is 0.455 e. The number of hydrogen-bond donors (Lipinski definition) is 1. The molecule has 0 saturated carbocycles. The minimum Gasteiger partial charge on any atom is -0.455 e. The lowest BCUT2D eigenvalue weighted by molar-refractivity contribution is 0.590. The molecule has 0 saturated heterocycles. The van der Waals surface area contributed by atoms with E-state index in [0.717, 1.165) is 44.2 Å². The highest BCUT2D eigenvalue weighted by molar-refractivity contribution is 6.73. The van der Waals surface area contributed by atoms with E-state index in [2.05, 4.69) is 200 Å². The van der Waals surface area contributed by atoms with Crippen LogP contribution in [0.2, 0.25) is 0 Å². The normalized spacial score (nSPS) is 14.2. The second kappa shape index (κ2) is 11.5. The number of nitrogens with zero attached hydrogens (tertiary/aromatic N) is 1. The molecule has 277 valence electrons. The third-order valence-electron chi connectivity index (χ3n) is 13.0. The minimum absolute atomic E-state index is 0.0113. The molecule has 1 aliphatic carbocycles. The molecule has 7 aromatic carbocycles. The van der Waals surface area contributed by atoms with E-state index < -0.39 is 0 Å². The second-order valence-electron chi connectivity index (χ2n) is 18.9. The molecule has 2 aliphatic rings. The third-order valence-corrected chi connectivity index (χ3v) is 13.0. The van der Waals surface area contributed by atoms with Gasteiger partial charge in [-0.05, 0) is 104 Å². The van der Waals surface area contributed by atoms with Crippen LogP contribution in [-0.4, -0.2) is 11.8 Å². The lowest BCUT2D eigenvalue weighted by Crippen LogP contribution is -2.38. The monoisotopic (exact) mass is 737 g/mol. The second-order valence-corrected chi connectivity index (χ2v) is 18.9. The van der Waals surface area contributed by atoms with Gasteiger partial charge in [0.25, 0.3) is 0 Å². The zero-order chi connectivity index (χ0) is 39.2. The summed E-state index contributed by atoms with van der Waals surface area (Å²) in [6.07, 6.45) is 0. The zero-order valence-electron chi connectivity index (χ0n) is 34.1. The first-order valence-electron chi connectivity index (χ1n) is 20.3. The van der Waals surface area contributed by atoms with Crippen molar-refractivity contribution in [1.29, 1.82) is 0 Å². The smallest absolute Gasteiger partial charge is 0.197 e. The summed E-state index contributed by atoms with van der Waals surface area (Å²) in [6, 6.07) is 47.5. The highest BCUT2D eigenvalue weighted by atomic mass is 16.3. The van der Waals surface area contributed by atoms with Crippen molar-refractivity contribution in [3.05, 3.63) is 150 Å². The first kappa shape index (κ1) is 34.3. The predicted octanol–water partition coefficient (Wildman–Crippen LogP) is 13.0. The Hall–Kier alpha value is -6.00. The van der Waals surface area contributed by atoms with Crippen LogP contribution in [0.4, 0.5) is 11.4 Å². The molecule has 57 heavy (non-hydrogen) atoms. The van der Waals surface area contributed by atoms with Crippen molar-refractivity contribution in [3.63, 3.8) is 0 Å². The SMILES string of the molecule is CC(C)(C)c1ccc(Nc2cc3c(cc2-c2ccc4c5c6oc7ccccc7c6ccc5n5c4c2[B]c2cc(C(C)(C)C)ccc2-5)C(C)(C)c2ccccc2-3)cc1. The van der Waals surface area contributed by atoms with E-state index in [4.69, 9.17) is 4.42 Å². The molecule has 0 bridgehead atoms. The Morgan fingerprint density at radius 1 is 0.596 bits per heavy atom. The third kappa shape index (κ3) is 4.92. The summed E-state index contributed by atoms with van der Waals surface area (Å²) in [7, 11) is 2.45. The van der Waals surface area contributed by atoms with Crippen LogP contribution in [0.25, 0.3) is 71.7 Å². The summed E-state index contributed by atoms with van der Waals surface area (Å²) < 4.78 is 9.25. The van der Waals surface area contributed by atoms with E-state index >= 15 is 0 Å². The molecule has 3 heterocycles. The van der Waals surface area contributed by atoms with Crippen LogP contribution in [0, 0.1) is 0 Å². The van der Waals surface area contributed by atoms with Crippen LogP contribution in [0.1, 0.15) is 77.6 Å². The highest BCUT2D eigenvalue weighted by Crippen LogP contribution is 2.52. The quantitative estimate of drug-likeness (QED) is 0.183. The molecule has 1 aliphatic heterocycles. The molecule has 0 amide bonds. The lowest BCUT2D eigenvalue weighted by Gasteiger charge is -2.27. The number of hydrogen-bond acceptors (Lipinski definition) is 2. The average molecular weight is 738 g/mol. The molecule has 0 spiro atoms. The van der Waals surface area contributed by atoms with Crippen molar-refractivity contribution >= 4 is 73.3 Å². The van der Waals surface area contributed by atoms with Crippen molar-refractivity contribution in [2.75, 3.05) is 5.32 Å². The maximum Gasteiger partial charge on any atom is 0.197 e. The average Bonchev–Trinajstić information content (AvgIpc) is 3.81. The van der Waals surface area contributed by atoms with Crippen LogP contribution in [0.15, 0.2) is 132 Å². The van der Waals surface area contributed by atoms with E-state index in [1.54, 1.807) is 0 Å². The Balaban J connectivity index is 1.21. The van der Waals surface area contributed by atoms with Gasteiger partial charge in [-0.15, -0.1) is 0 Å². The van der Waals surface area contributed by atoms with Gasteiger partial charge < -0.3 is 14.3 Å². The van der Waals surface area contributed by atoms with Gasteiger partial charge in [0.15, 0.2) is 7.28 Å². The summed E-state index contributed by atoms with van der Waals surface area (Å²) in [5.41, 5.74) is 20.4. The number of aromatic nitrogens is 1. The molecular weight excluding hydrogens is 691 g/mol. The molecule has 3 nitrogen and oxygen atoms in total. The Morgan fingerprint density at radius 2 is 1.32 bits per heavy atom. The Morgan fingerprint density at radius 3 is 2.11 bits per heavy atom. The summed E-state index contributed by atoms with van der Waals surface area (Å²) in [6.45, 7) is 18.5. The number of benzene rings is 7. The summed E-state index contributed by atoms with van der Waals surface area (Å²) in [4.78, 5) is 0. The van der Waals surface area contributed by atoms with Gasteiger partial charge in [-0.25, -0.2) is 0 Å². The van der Waals surface area contributed by atoms with E-state index in [1.807, 2.05) is 0 Å². The Labute approximate surface area is 335 Å². The molecule has 11 rings (SSSR count). The zero-order valence-corrected chi connectivity index (χ0v) is 34.1. The maximum atomic E-state index is 6.74. The minimum atomic E-state index is -0.144. The van der Waals surface area contributed by atoms with Gasteiger partial charge in [-0.1, -0.05) is 140 Å². The number of rotatable bonds is 3. The van der Waals surface area contributed by atoms with Gasteiger partial charge >= 0.3 is 0 Å². The van der Waals surface area contributed by atoms with Crippen LogP contribution in [-0.2, 0) is 16.2 Å². The number of fused-ring (bicyclic) bond motifs is 12.